The van der Waals surface area contributed by atoms with Crippen molar-refractivity contribution in [3.63, 3.8) is 0 Å². The van der Waals surface area contributed by atoms with E-state index in [-0.39, 0.29) is 18.6 Å². The first-order valence-electron chi connectivity index (χ1n) is 9.05. The molecule has 0 radical (unpaired) electrons. The molecule has 1 atom stereocenters. The molecule has 1 aliphatic rings. The number of rotatable bonds is 7. The summed E-state index contributed by atoms with van der Waals surface area (Å²) in [6.07, 6.45) is 1.91. The quantitative estimate of drug-likeness (QED) is 0.719. The van der Waals surface area contributed by atoms with Gasteiger partial charge < -0.3 is 19.1 Å². The topological polar surface area (TPSA) is 48.0 Å². The van der Waals surface area contributed by atoms with Gasteiger partial charge in [-0.3, -0.25) is 4.79 Å². The minimum atomic E-state index is -0.0281. The Morgan fingerprint density at radius 1 is 1.19 bits per heavy atom. The maximum absolute atomic E-state index is 12.4. The molecule has 1 aliphatic heterocycles. The molecule has 0 unspecified atom stereocenters. The van der Waals surface area contributed by atoms with Crippen LogP contribution in [-0.2, 0) is 16.1 Å². The minimum Gasteiger partial charge on any atom is -0.497 e. The van der Waals surface area contributed by atoms with Crippen LogP contribution in [0.15, 0.2) is 48.5 Å². The van der Waals surface area contributed by atoms with Gasteiger partial charge in [0.2, 0.25) is 0 Å². The number of piperidine rings is 1. The lowest BCUT2D eigenvalue weighted by Gasteiger charge is -2.32. The molecule has 27 heavy (non-hydrogen) atoms. The van der Waals surface area contributed by atoms with Crippen molar-refractivity contribution < 1.29 is 19.0 Å². The van der Waals surface area contributed by atoms with Crippen molar-refractivity contribution in [2.45, 2.75) is 25.6 Å². The normalized spacial score (nSPS) is 16.8. The molecule has 5 nitrogen and oxygen atoms in total. The molecule has 0 spiro atoms. The third-order valence-corrected chi connectivity index (χ3v) is 4.78. The van der Waals surface area contributed by atoms with E-state index in [1.54, 1.807) is 31.4 Å². The molecule has 1 fully saturated rings. The standard InChI is InChI=1S/C21H24ClNO4/c1-25-19-5-2-4-16(12-19)14-26-20-6-3-11-23(13-20)21(24)15-27-18-9-7-17(22)8-10-18/h2,4-5,7-10,12,20H,3,6,11,13-15H2,1H3/t20-/m0/s1. The SMILES string of the molecule is COc1cccc(CO[C@H]2CCCN(C(=O)COc3ccc(Cl)cc3)C2)c1. The zero-order chi connectivity index (χ0) is 19.1. The highest BCUT2D eigenvalue weighted by atomic mass is 35.5. The maximum atomic E-state index is 12.4. The van der Waals surface area contributed by atoms with Crippen LogP contribution >= 0.6 is 11.6 Å². The average Bonchev–Trinajstić information content (AvgIpc) is 2.72. The van der Waals surface area contributed by atoms with Crippen LogP contribution in [0.4, 0.5) is 0 Å². The molecular weight excluding hydrogens is 366 g/mol. The number of carbonyl (C=O) groups excluding carboxylic acids is 1. The van der Waals surface area contributed by atoms with Crippen molar-refractivity contribution in [3.8, 4) is 11.5 Å². The second-order valence-corrected chi connectivity index (χ2v) is 6.95. The number of hydrogen-bond donors (Lipinski definition) is 0. The van der Waals surface area contributed by atoms with Crippen molar-refractivity contribution in [3.05, 3.63) is 59.1 Å². The number of methoxy groups -OCH3 is 1. The van der Waals surface area contributed by atoms with E-state index in [0.29, 0.717) is 23.9 Å². The number of amides is 1. The van der Waals surface area contributed by atoms with Gasteiger partial charge in [-0.2, -0.15) is 0 Å². The Bertz CT molecular complexity index is 750. The molecule has 6 heteroatoms. The lowest BCUT2D eigenvalue weighted by molar-refractivity contribution is -0.137. The third kappa shape index (κ3) is 5.88. The molecule has 2 aromatic carbocycles. The molecule has 0 bridgehead atoms. The van der Waals surface area contributed by atoms with Gasteiger partial charge in [0.15, 0.2) is 6.61 Å². The molecule has 1 amide bonds. The van der Waals surface area contributed by atoms with Gasteiger partial charge in [-0.25, -0.2) is 0 Å². The summed E-state index contributed by atoms with van der Waals surface area (Å²) >= 11 is 5.85. The monoisotopic (exact) mass is 389 g/mol. The van der Waals surface area contributed by atoms with Crippen LogP contribution in [0.2, 0.25) is 5.02 Å². The number of hydrogen-bond acceptors (Lipinski definition) is 4. The molecule has 0 N–H and O–H groups in total. The Morgan fingerprint density at radius 3 is 2.78 bits per heavy atom. The lowest BCUT2D eigenvalue weighted by atomic mass is 10.1. The van der Waals surface area contributed by atoms with Crippen LogP contribution in [0.3, 0.4) is 0 Å². The molecule has 0 aromatic heterocycles. The van der Waals surface area contributed by atoms with Crippen LogP contribution in [0.1, 0.15) is 18.4 Å². The van der Waals surface area contributed by atoms with Crippen LogP contribution in [0.25, 0.3) is 0 Å². The number of carbonyl (C=O) groups is 1. The molecule has 1 heterocycles. The summed E-state index contributed by atoms with van der Waals surface area (Å²) in [5.74, 6) is 1.42. The largest absolute Gasteiger partial charge is 0.497 e. The molecule has 0 aliphatic carbocycles. The highest BCUT2D eigenvalue weighted by molar-refractivity contribution is 6.30. The first-order valence-corrected chi connectivity index (χ1v) is 9.42. The van der Waals surface area contributed by atoms with Crippen LogP contribution in [0, 0.1) is 0 Å². The summed E-state index contributed by atoms with van der Waals surface area (Å²) < 4.78 is 16.8. The summed E-state index contributed by atoms with van der Waals surface area (Å²) in [5.41, 5.74) is 1.06. The van der Waals surface area contributed by atoms with Crippen LogP contribution in [0.5, 0.6) is 11.5 Å². The van der Waals surface area contributed by atoms with E-state index >= 15 is 0 Å². The van der Waals surface area contributed by atoms with E-state index in [4.69, 9.17) is 25.8 Å². The molecule has 2 aromatic rings. The molecule has 1 saturated heterocycles. The van der Waals surface area contributed by atoms with Gasteiger partial charge in [0.25, 0.3) is 5.91 Å². The van der Waals surface area contributed by atoms with E-state index in [0.717, 1.165) is 30.7 Å². The Balaban J connectivity index is 1.46. The first-order chi connectivity index (χ1) is 13.1. The van der Waals surface area contributed by atoms with Crippen molar-refractivity contribution in [2.75, 3.05) is 26.8 Å². The maximum Gasteiger partial charge on any atom is 0.260 e. The van der Waals surface area contributed by atoms with E-state index in [9.17, 15) is 4.79 Å². The Kier molecular flexibility index (Phi) is 6.96. The van der Waals surface area contributed by atoms with Crippen molar-refractivity contribution in [1.82, 2.24) is 4.90 Å². The summed E-state index contributed by atoms with van der Waals surface area (Å²) in [4.78, 5) is 14.3. The molecule has 0 saturated carbocycles. The number of nitrogens with zero attached hydrogens (tertiary/aromatic N) is 1. The van der Waals surface area contributed by atoms with Gasteiger partial charge in [-0.05, 0) is 54.8 Å². The number of benzene rings is 2. The highest BCUT2D eigenvalue weighted by Crippen LogP contribution is 2.19. The predicted octanol–water partition coefficient (Wildman–Crippen LogP) is 3.94. The van der Waals surface area contributed by atoms with Crippen LogP contribution < -0.4 is 9.47 Å². The minimum absolute atomic E-state index is 0.0181. The van der Waals surface area contributed by atoms with Gasteiger partial charge >= 0.3 is 0 Å². The van der Waals surface area contributed by atoms with Crippen molar-refractivity contribution >= 4 is 17.5 Å². The predicted molar refractivity (Wildman–Crippen MR) is 104 cm³/mol. The summed E-state index contributed by atoms with van der Waals surface area (Å²) in [6.45, 7) is 1.85. The van der Waals surface area contributed by atoms with Crippen LogP contribution in [-0.4, -0.2) is 43.7 Å². The summed E-state index contributed by atoms with van der Waals surface area (Å²) in [6, 6.07) is 14.8. The lowest BCUT2D eigenvalue weighted by Crippen LogP contribution is -2.45. The van der Waals surface area contributed by atoms with E-state index in [1.165, 1.54) is 0 Å². The fraction of sp³-hybridized carbons (Fsp3) is 0.381. The van der Waals surface area contributed by atoms with Gasteiger partial charge in [0.05, 0.1) is 19.8 Å². The van der Waals surface area contributed by atoms with Crippen molar-refractivity contribution in [2.24, 2.45) is 0 Å². The van der Waals surface area contributed by atoms with E-state index in [2.05, 4.69) is 0 Å². The molecule has 3 rings (SSSR count). The number of ether oxygens (including phenoxy) is 3. The number of likely N-dealkylation sites (tertiary alicyclic amines) is 1. The zero-order valence-electron chi connectivity index (χ0n) is 15.4. The smallest absolute Gasteiger partial charge is 0.260 e. The molecular formula is C21H24ClNO4. The first kappa shape index (κ1) is 19.5. The van der Waals surface area contributed by atoms with Gasteiger partial charge in [-0.1, -0.05) is 23.7 Å². The number of halogens is 1. The second kappa shape index (κ2) is 9.62. The fourth-order valence-corrected chi connectivity index (χ4v) is 3.17. The van der Waals surface area contributed by atoms with E-state index in [1.807, 2.05) is 29.2 Å². The van der Waals surface area contributed by atoms with Gasteiger partial charge in [0, 0.05) is 18.1 Å². The van der Waals surface area contributed by atoms with Gasteiger partial charge in [-0.15, -0.1) is 0 Å². The summed E-state index contributed by atoms with van der Waals surface area (Å²) in [5, 5.41) is 0.640. The molecule has 144 valence electrons. The van der Waals surface area contributed by atoms with E-state index < -0.39 is 0 Å². The Morgan fingerprint density at radius 2 is 2.00 bits per heavy atom. The Hall–Kier alpha value is -2.24. The summed E-state index contributed by atoms with van der Waals surface area (Å²) in [7, 11) is 1.65. The highest BCUT2D eigenvalue weighted by Gasteiger charge is 2.24. The fourth-order valence-electron chi connectivity index (χ4n) is 3.04. The average molecular weight is 390 g/mol. The second-order valence-electron chi connectivity index (χ2n) is 6.51. The third-order valence-electron chi connectivity index (χ3n) is 4.53. The zero-order valence-corrected chi connectivity index (χ0v) is 16.2. The van der Waals surface area contributed by atoms with Crippen molar-refractivity contribution in [1.29, 1.82) is 0 Å². The van der Waals surface area contributed by atoms with Gasteiger partial charge in [0.1, 0.15) is 11.5 Å². The Labute approximate surface area is 164 Å².